The summed E-state index contributed by atoms with van der Waals surface area (Å²) in [7, 11) is -3.85. The van der Waals surface area contributed by atoms with Crippen molar-refractivity contribution in [3.63, 3.8) is 0 Å². The minimum atomic E-state index is -3.85. The van der Waals surface area contributed by atoms with Crippen molar-refractivity contribution >= 4 is 38.7 Å². The van der Waals surface area contributed by atoms with Gasteiger partial charge in [0.1, 0.15) is 5.69 Å². The topological polar surface area (TPSA) is 114 Å². The van der Waals surface area contributed by atoms with Crippen LogP contribution in [0.3, 0.4) is 0 Å². The number of hydrogen-bond acceptors (Lipinski definition) is 7. The summed E-state index contributed by atoms with van der Waals surface area (Å²) in [5, 5.41) is 16.4. The maximum atomic E-state index is 12.8. The summed E-state index contributed by atoms with van der Waals surface area (Å²) in [6.07, 6.45) is 0.575. The van der Waals surface area contributed by atoms with E-state index in [1.807, 2.05) is 6.92 Å². The van der Waals surface area contributed by atoms with Crippen LogP contribution in [0.1, 0.15) is 18.9 Å². The molecule has 1 saturated heterocycles. The van der Waals surface area contributed by atoms with Gasteiger partial charge in [-0.1, -0.05) is 30.7 Å². The van der Waals surface area contributed by atoms with Gasteiger partial charge >= 0.3 is 0 Å². The quantitative estimate of drug-likeness (QED) is 0.390. The Balaban J connectivity index is 1.90. The van der Waals surface area contributed by atoms with Gasteiger partial charge in [-0.3, -0.25) is 15.5 Å². The van der Waals surface area contributed by atoms with Crippen LogP contribution in [0.5, 0.6) is 0 Å². The molecule has 160 valence electrons. The van der Waals surface area contributed by atoms with Gasteiger partial charge in [-0.2, -0.15) is 9.41 Å². The van der Waals surface area contributed by atoms with Gasteiger partial charge in [0.15, 0.2) is 0 Å². The largest absolute Gasteiger partial charge is 0.379 e. The second-order valence-electron chi connectivity index (χ2n) is 6.48. The van der Waals surface area contributed by atoms with Crippen molar-refractivity contribution < 1.29 is 18.1 Å². The third-order valence-corrected chi connectivity index (χ3v) is 6.74. The Kier molecular flexibility index (Phi) is 7.03. The van der Waals surface area contributed by atoms with Crippen LogP contribution >= 0.6 is 11.6 Å². The van der Waals surface area contributed by atoms with E-state index in [2.05, 4.69) is 10.5 Å². The Bertz CT molecular complexity index is 1050. The summed E-state index contributed by atoms with van der Waals surface area (Å²) in [4.78, 5) is 10.8. The Morgan fingerprint density at radius 3 is 2.50 bits per heavy atom. The molecule has 1 fully saturated rings. The lowest BCUT2D eigenvalue weighted by Gasteiger charge is -2.26. The molecule has 2 aromatic carbocycles. The number of benzene rings is 2. The van der Waals surface area contributed by atoms with Crippen molar-refractivity contribution in [2.75, 3.05) is 31.7 Å². The third kappa shape index (κ3) is 4.96. The van der Waals surface area contributed by atoms with Gasteiger partial charge in [0, 0.05) is 24.2 Å². The molecule has 0 aliphatic carbocycles. The number of ether oxygens (including phenoxy) is 1. The van der Waals surface area contributed by atoms with Gasteiger partial charge in [-0.25, -0.2) is 8.42 Å². The number of rotatable bonds is 7. The molecule has 0 amide bonds. The molecular formula is C19H21ClN4O5S. The van der Waals surface area contributed by atoms with Gasteiger partial charge in [-0.15, -0.1) is 0 Å². The molecule has 1 N–H and O–H groups in total. The highest BCUT2D eigenvalue weighted by Gasteiger charge is 2.28. The maximum Gasteiger partial charge on any atom is 0.295 e. The number of morpholine rings is 1. The zero-order valence-corrected chi connectivity index (χ0v) is 17.8. The van der Waals surface area contributed by atoms with Crippen LogP contribution in [0.2, 0.25) is 5.02 Å². The Morgan fingerprint density at radius 1 is 1.23 bits per heavy atom. The molecule has 3 rings (SSSR count). The number of nitro groups is 1. The second kappa shape index (κ2) is 9.52. The summed E-state index contributed by atoms with van der Waals surface area (Å²) in [5.41, 5.74) is 3.92. The fourth-order valence-electron chi connectivity index (χ4n) is 2.97. The average molecular weight is 453 g/mol. The Labute approximate surface area is 179 Å². The van der Waals surface area contributed by atoms with E-state index in [0.717, 1.165) is 11.6 Å². The predicted octanol–water partition coefficient (Wildman–Crippen LogP) is 3.50. The number of halogens is 1. The second-order valence-corrected chi connectivity index (χ2v) is 8.86. The van der Waals surface area contributed by atoms with Crippen LogP contribution in [-0.4, -0.2) is 49.7 Å². The summed E-state index contributed by atoms with van der Waals surface area (Å²) in [6.45, 7) is 2.91. The van der Waals surface area contributed by atoms with E-state index < -0.39 is 14.9 Å². The molecule has 0 spiro atoms. The van der Waals surface area contributed by atoms with Crippen LogP contribution in [-0.2, 0) is 14.8 Å². The molecule has 0 bridgehead atoms. The van der Waals surface area contributed by atoms with E-state index >= 15 is 0 Å². The van der Waals surface area contributed by atoms with Gasteiger partial charge in [0.2, 0.25) is 10.0 Å². The summed E-state index contributed by atoms with van der Waals surface area (Å²) < 4.78 is 32.0. The lowest BCUT2D eigenvalue weighted by atomic mass is 10.1. The van der Waals surface area contributed by atoms with Crippen LogP contribution in [0.4, 0.5) is 11.4 Å². The molecule has 0 radical (unpaired) electrons. The molecule has 0 unspecified atom stereocenters. The molecule has 9 nitrogen and oxygen atoms in total. The predicted molar refractivity (Wildman–Crippen MR) is 115 cm³/mol. The first-order chi connectivity index (χ1) is 14.3. The van der Waals surface area contributed by atoms with Gasteiger partial charge < -0.3 is 4.74 Å². The Hall–Kier alpha value is -2.53. The van der Waals surface area contributed by atoms with Crippen molar-refractivity contribution in [3.8, 4) is 0 Å². The highest BCUT2D eigenvalue weighted by molar-refractivity contribution is 7.89. The van der Waals surface area contributed by atoms with Crippen LogP contribution < -0.4 is 5.43 Å². The van der Waals surface area contributed by atoms with Crippen LogP contribution in [0.15, 0.2) is 52.5 Å². The minimum Gasteiger partial charge on any atom is -0.379 e. The number of nitro benzene ring substituents is 1. The third-order valence-electron chi connectivity index (χ3n) is 4.60. The normalized spacial score (nSPS) is 15.7. The molecule has 1 aliphatic heterocycles. The summed E-state index contributed by atoms with van der Waals surface area (Å²) in [6, 6.07) is 10.8. The zero-order valence-electron chi connectivity index (χ0n) is 16.2. The molecular weight excluding hydrogens is 432 g/mol. The van der Waals surface area contributed by atoms with Crippen molar-refractivity contribution in [3.05, 3.63) is 63.2 Å². The standard InChI is InChI=1S/C19H21ClN4O5S/c1-2-17(14-3-5-15(20)6-4-14)21-22-18-8-7-16(13-19(18)24(25)26)30(27,28)23-9-11-29-12-10-23/h3-8,13,22H,2,9-12H2,1H3/b21-17+. The SMILES string of the molecule is CC/C(=N\Nc1ccc(S(=O)(=O)N2CCOCC2)cc1[N+](=O)[O-])c1ccc(Cl)cc1. The number of anilines is 1. The van der Waals surface area contributed by atoms with Gasteiger partial charge in [-0.05, 0) is 36.2 Å². The fourth-order valence-corrected chi connectivity index (χ4v) is 4.53. The maximum absolute atomic E-state index is 12.8. The first-order valence-corrected chi connectivity index (χ1v) is 11.1. The number of nitrogens with one attached hydrogen (secondary N) is 1. The first-order valence-electron chi connectivity index (χ1n) is 9.27. The fraction of sp³-hybridized carbons (Fsp3) is 0.316. The minimum absolute atomic E-state index is 0.0980. The lowest BCUT2D eigenvalue weighted by Crippen LogP contribution is -2.40. The molecule has 11 heteroatoms. The number of hydrogen-bond donors (Lipinski definition) is 1. The smallest absolute Gasteiger partial charge is 0.295 e. The summed E-state index contributed by atoms with van der Waals surface area (Å²) >= 11 is 5.91. The average Bonchev–Trinajstić information content (AvgIpc) is 2.75. The first kappa shape index (κ1) is 22.2. The Morgan fingerprint density at radius 2 is 1.90 bits per heavy atom. The molecule has 2 aromatic rings. The van der Waals surface area contributed by atoms with Crippen molar-refractivity contribution in [2.24, 2.45) is 5.10 Å². The van der Waals surface area contributed by atoms with E-state index in [0.29, 0.717) is 30.4 Å². The molecule has 1 heterocycles. The van der Waals surface area contributed by atoms with Crippen molar-refractivity contribution in [1.29, 1.82) is 0 Å². The van der Waals surface area contributed by atoms with Gasteiger partial charge in [0.05, 0.1) is 28.7 Å². The van der Waals surface area contributed by atoms with E-state index in [1.165, 1.54) is 16.4 Å². The van der Waals surface area contributed by atoms with E-state index in [9.17, 15) is 18.5 Å². The summed E-state index contributed by atoms with van der Waals surface area (Å²) in [5.74, 6) is 0. The van der Waals surface area contributed by atoms with Crippen LogP contribution in [0.25, 0.3) is 0 Å². The molecule has 1 aliphatic rings. The molecule has 0 saturated carbocycles. The monoisotopic (exact) mass is 452 g/mol. The number of hydrazone groups is 1. The lowest BCUT2D eigenvalue weighted by molar-refractivity contribution is -0.384. The van der Waals surface area contributed by atoms with E-state index in [1.54, 1.807) is 24.3 Å². The van der Waals surface area contributed by atoms with E-state index in [-0.39, 0.29) is 29.4 Å². The van der Waals surface area contributed by atoms with Crippen molar-refractivity contribution in [1.82, 2.24) is 4.31 Å². The zero-order chi connectivity index (χ0) is 21.7. The number of sulfonamides is 1. The van der Waals surface area contributed by atoms with Crippen molar-refractivity contribution in [2.45, 2.75) is 18.2 Å². The molecule has 0 atom stereocenters. The highest BCUT2D eigenvalue weighted by Crippen LogP contribution is 2.29. The molecule has 0 aromatic heterocycles. The van der Waals surface area contributed by atoms with E-state index in [4.69, 9.17) is 16.3 Å². The van der Waals surface area contributed by atoms with Gasteiger partial charge in [0.25, 0.3) is 5.69 Å². The van der Waals surface area contributed by atoms with Crippen LogP contribution in [0, 0.1) is 10.1 Å². The number of nitrogens with zero attached hydrogens (tertiary/aromatic N) is 3. The molecule has 30 heavy (non-hydrogen) atoms. The highest BCUT2D eigenvalue weighted by atomic mass is 35.5.